The lowest BCUT2D eigenvalue weighted by Crippen LogP contribution is -2.37. The topological polar surface area (TPSA) is 0 Å². The fourth-order valence-electron chi connectivity index (χ4n) is 9.94. The Hall–Kier alpha value is -1.56. The lowest BCUT2D eigenvalue weighted by Gasteiger charge is -2.47. The molecule has 0 spiro atoms. The van der Waals surface area contributed by atoms with Crippen molar-refractivity contribution in [3.05, 3.63) is 70.8 Å². The van der Waals surface area contributed by atoms with Gasteiger partial charge in [-0.15, -0.1) is 0 Å². The molecule has 3 fully saturated rings. The average Bonchev–Trinajstić information content (AvgIpc) is 3.05. The third kappa shape index (κ3) is 8.62. The van der Waals surface area contributed by atoms with Crippen LogP contribution in [0.15, 0.2) is 48.5 Å². The van der Waals surface area contributed by atoms with E-state index < -0.39 is 0 Å². The summed E-state index contributed by atoms with van der Waals surface area (Å²) in [5.74, 6) is 5.98. The Balaban J connectivity index is 0.997. The first-order valence-corrected chi connectivity index (χ1v) is 19.3. The molecule has 3 aliphatic rings. The second-order valence-corrected chi connectivity index (χ2v) is 17.2. The summed E-state index contributed by atoms with van der Waals surface area (Å²) in [4.78, 5) is 0. The molecule has 244 valence electrons. The molecular weight excluding hydrogens is 528 g/mol. The van der Waals surface area contributed by atoms with Crippen molar-refractivity contribution in [3.63, 3.8) is 0 Å². The van der Waals surface area contributed by atoms with E-state index in [0.717, 1.165) is 35.5 Å². The van der Waals surface area contributed by atoms with E-state index in [2.05, 4.69) is 90.1 Å². The largest absolute Gasteiger partial charge is 0.0651 e. The molecule has 0 saturated heterocycles. The Morgan fingerprint density at radius 2 is 0.932 bits per heavy atom. The number of hydrogen-bond donors (Lipinski definition) is 0. The summed E-state index contributed by atoms with van der Waals surface area (Å²) in [6.07, 6.45) is 26.6. The number of benzene rings is 2. The van der Waals surface area contributed by atoms with Crippen LogP contribution in [-0.2, 0) is 11.8 Å². The highest BCUT2D eigenvalue weighted by molar-refractivity contribution is 5.39. The highest BCUT2D eigenvalue weighted by Crippen LogP contribution is 2.51. The zero-order chi connectivity index (χ0) is 31.2. The van der Waals surface area contributed by atoms with Gasteiger partial charge >= 0.3 is 0 Å². The zero-order valence-corrected chi connectivity index (χ0v) is 29.8. The van der Waals surface area contributed by atoms with Crippen LogP contribution in [0, 0.1) is 47.8 Å². The predicted molar refractivity (Wildman–Crippen MR) is 192 cm³/mol. The second kappa shape index (κ2) is 15.4. The van der Waals surface area contributed by atoms with Gasteiger partial charge in [-0.3, -0.25) is 0 Å². The van der Waals surface area contributed by atoms with Gasteiger partial charge in [-0.2, -0.15) is 0 Å². The first-order valence-electron chi connectivity index (χ1n) is 19.3. The highest BCUT2D eigenvalue weighted by atomic mass is 14.5. The van der Waals surface area contributed by atoms with E-state index in [0.29, 0.717) is 5.41 Å². The molecule has 0 atom stereocenters. The minimum Gasteiger partial charge on any atom is -0.0651 e. The lowest BCUT2D eigenvalue weighted by atomic mass is 9.59. The molecule has 0 nitrogen and oxygen atoms in total. The molecule has 0 bridgehead atoms. The minimum atomic E-state index is 0.0455. The van der Waals surface area contributed by atoms with E-state index in [-0.39, 0.29) is 5.41 Å². The van der Waals surface area contributed by atoms with Crippen LogP contribution in [0.3, 0.4) is 0 Å². The van der Waals surface area contributed by atoms with E-state index in [9.17, 15) is 0 Å². The Morgan fingerprint density at radius 3 is 1.41 bits per heavy atom. The van der Waals surface area contributed by atoms with E-state index in [1.807, 2.05) is 0 Å². The van der Waals surface area contributed by atoms with E-state index in [4.69, 9.17) is 0 Å². The first kappa shape index (κ1) is 33.8. The van der Waals surface area contributed by atoms with Crippen LogP contribution in [0.25, 0.3) is 0 Å². The molecule has 3 saturated carbocycles. The Bertz CT molecular complexity index is 1090. The normalized spacial score (nSPS) is 28.6. The standard InChI is InChI=1S/C44H68/c1-7-34-13-15-35(16-14-34)9-8-10-36-19-27-40(28-20-36)44(5,6)42-31-23-38(24-32-42)18-17-37-21-29-41(30-22-37)43(3,4)39-25-11-33(2)12-26-39/h11-12,21-22,25-26,29-30,34-36,38,40,42H,7-10,13-20,23-24,27-28,31-32H2,1-6H3. The molecular formula is C44H68. The predicted octanol–water partition coefficient (Wildman–Crippen LogP) is 13.3. The van der Waals surface area contributed by atoms with Crippen LogP contribution in [0.1, 0.15) is 166 Å². The SMILES string of the molecule is CCC1CCC(CCCC2CCC(C(C)(C)C3CCC(CCc4ccc(C(C)(C)c5ccc(C)cc5)cc4)CC3)CC2)CC1. The van der Waals surface area contributed by atoms with Crippen LogP contribution in [0.2, 0.25) is 0 Å². The van der Waals surface area contributed by atoms with Gasteiger partial charge in [0.05, 0.1) is 0 Å². The third-order valence-electron chi connectivity index (χ3n) is 13.9. The Kier molecular flexibility index (Phi) is 11.8. The van der Waals surface area contributed by atoms with Crippen molar-refractivity contribution in [1.29, 1.82) is 0 Å². The van der Waals surface area contributed by atoms with Gasteiger partial charge in [0.25, 0.3) is 0 Å². The van der Waals surface area contributed by atoms with Crippen LogP contribution in [0.4, 0.5) is 0 Å². The van der Waals surface area contributed by atoms with Crippen LogP contribution in [-0.4, -0.2) is 0 Å². The molecule has 0 amide bonds. The van der Waals surface area contributed by atoms with Crippen molar-refractivity contribution in [2.75, 3.05) is 0 Å². The van der Waals surface area contributed by atoms with Crippen molar-refractivity contribution in [2.45, 2.75) is 163 Å². The molecule has 0 N–H and O–H groups in total. The summed E-state index contributed by atoms with van der Waals surface area (Å²) in [5, 5.41) is 0. The fourth-order valence-corrected chi connectivity index (χ4v) is 9.94. The maximum Gasteiger partial charge on any atom is 0.0146 e. The van der Waals surface area contributed by atoms with Crippen LogP contribution >= 0.6 is 0 Å². The maximum absolute atomic E-state index is 2.66. The molecule has 0 aromatic heterocycles. The van der Waals surface area contributed by atoms with Gasteiger partial charge in [-0.1, -0.05) is 166 Å². The van der Waals surface area contributed by atoms with Gasteiger partial charge in [0.1, 0.15) is 0 Å². The van der Waals surface area contributed by atoms with Crippen LogP contribution < -0.4 is 0 Å². The van der Waals surface area contributed by atoms with Gasteiger partial charge in [0.15, 0.2) is 0 Å². The Morgan fingerprint density at radius 1 is 0.523 bits per heavy atom. The number of aryl methyl sites for hydroxylation is 2. The van der Waals surface area contributed by atoms with Gasteiger partial charge in [0.2, 0.25) is 0 Å². The summed E-state index contributed by atoms with van der Waals surface area (Å²) in [6.45, 7) is 14.6. The quantitative estimate of drug-likeness (QED) is 0.229. The van der Waals surface area contributed by atoms with Crippen molar-refractivity contribution in [2.24, 2.45) is 40.9 Å². The van der Waals surface area contributed by atoms with Gasteiger partial charge in [0, 0.05) is 5.41 Å². The monoisotopic (exact) mass is 597 g/mol. The molecule has 0 heterocycles. The van der Waals surface area contributed by atoms with Gasteiger partial charge < -0.3 is 0 Å². The summed E-state index contributed by atoms with van der Waals surface area (Å²) < 4.78 is 0. The summed E-state index contributed by atoms with van der Waals surface area (Å²) in [5.41, 5.74) is 6.26. The van der Waals surface area contributed by atoms with Gasteiger partial charge in [-0.05, 0) is 103 Å². The zero-order valence-electron chi connectivity index (χ0n) is 29.8. The summed E-state index contributed by atoms with van der Waals surface area (Å²) in [6, 6.07) is 18.7. The Labute approximate surface area is 273 Å². The van der Waals surface area contributed by atoms with E-state index >= 15 is 0 Å². The molecule has 0 radical (unpaired) electrons. The molecule has 44 heavy (non-hydrogen) atoms. The fraction of sp³-hybridized carbons (Fsp3) is 0.727. The minimum absolute atomic E-state index is 0.0455. The summed E-state index contributed by atoms with van der Waals surface area (Å²) >= 11 is 0. The molecule has 3 aliphatic carbocycles. The second-order valence-electron chi connectivity index (χ2n) is 17.2. The lowest BCUT2D eigenvalue weighted by molar-refractivity contribution is 0.0367. The number of rotatable bonds is 12. The van der Waals surface area contributed by atoms with Crippen molar-refractivity contribution < 1.29 is 0 Å². The maximum atomic E-state index is 2.66. The molecule has 0 aliphatic heterocycles. The average molecular weight is 597 g/mol. The van der Waals surface area contributed by atoms with E-state index in [1.165, 1.54) is 138 Å². The smallest absolute Gasteiger partial charge is 0.0146 e. The van der Waals surface area contributed by atoms with Gasteiger partial charge in [-0.25, -0.2) is 0 Å². The molecule has 0 unspecified atom stereocenters. The van der Waals surface area contributed by atoms with Crippen molar-refractivity contribution >= 4 is 0 Å². The van der Waals surface area contributed by atoms with E-state index in [1.54, 1.807) is 0 Å². The summed E-state index contributed by atoms with van der Waals surface area (Å²) in [7, 11) is 0. The first-order chi connectivity index (χ1) is 21.1. The molecule has 2 aromatic rings. The van der Waals surface area contributed by atoms with Crippen molar-refractivity contribution in [1.82, 2.24) is 0 Å². The molecule has 5 rings (SSSR count). The molecule has 2 aromatic carbocycles. The number of hydrogen-bond acceptors (Lipinski definition) is 0. The van der Waals surface area contributed by atoms with Crippen LogP contribution in [0.5, 0.6) is 0 Å². The van der Waals surface area contributed by atoms with Crippen molar-refractivity contribution in [3.8, 4) is 0 Å². The highest BCUT2D eigenvalue weighted by Gasteiger charge is 2.40. The third-order valence-corrected chi connectivity index (χ3v) is 13.9. The molecule has 0 heteroatoms.